The number of imide groups is 1. The first kappa shape index (κ1) is 16.4. The number of ether oxygens (including phenoxy) is 2. The number of carbonyl (C=O) groups is 3. The first-order valence-electron chi connectivity index (χ1n) is 6.12. The van der Waals surface area contributed by atoms with Gasteiger partial charge in [0.25, 0.3) is 11.1 Å². The lowest BCUT2D eigenvalue weighted by Gasteiger charge is -2.09. The van der Waals surface area contributed by atoms with E-state index < -0.39 is 23.7 Å². The zero-order valence-electron chi connectivity index (χ0n) is 11.8. The number of hydrogen-bond acceptors (Lipinski definition) is 6. The number of esters is 1. The molecule has 6 nitrogen and oxygen atoms in total. The number of amides is 2. The van der Waals surface area contributed by atoms with Gasteiger partial charge in [0.05, 0.1) is 24.1 Å². The topological polar surface area (TPSA) is 72.9 Å². The van der Waals surface area contributed by atoms with E-state index in [-0.39, 0.29) is 4.91 Å². The van der Waals surface area contributed by atoms with Crippen molar-refractivity contribution in [1.29, 1.82) is 0 Å². The summed E-state index contributed by atoms with van der Waals surface area (Å²) < 4.78 is 9.50. The highest BCUT2D eigenvalue weighted by Crippen LogP contribution is 2.33. The molecule has 0 atom stereocenters. The molecule has 0 aromatic heterocycles. The Balaban J connectivity index is 2.22. The maximum Gasteiger partial charge on any atom is 0.325 e. The van der Waals surface area contributed by atoms with Crippen LogP contribution in [0.4, 0.5) is 4.79 Å². The molecule has 1 aromatic rings. The van der Waals surface area contributed by atoms with Gasteiger partial charge in [-0.3, -0.25) is 19.3 Å². The van der Waals surface area contributed by atoms with E-state index in [1.54, 1.807) is 18.2 Å². The summed E-state index contributed by atoms with van der Waals surface area (Å²) in [4.78, 5) is 36.2. The molecule has 1 aliphatic rings. The molecule has 2 amide bonds. The third kappa shape index (κ3) is 3.42. The molecule has 0 bridgehead atoms. The first-order valence-corrected chi connectivity index (χ1v) is 7.31. The number of methoxy groups -OCH3 is 2. The fraction of sp³-hybridized carbons (Fsp3) is 0.214. The zero-order valence-corrected chi connectivity index (χ0v) is 13.4. The van der Waals surface area contributed by atoms with Gasteiger partial charge >= 0.3 is 5.97 Å². The van der Waals surface area contributed by atoms with Gasteiger partial charge in [-0.05, 0) is 35.5 Å². The van der Waals surface area contributed by atoms with Gasteiger partial charge in [-0.15, -0.1) is 0 Å². The minimum Gasteiger partial charge on any atom is -0.495 e. The summed E-state index contributed by atoms with van der Waals surface area (Å²) >= 11 is 6.77. The Labute approximate surface area is 136 Å². The summed E-state index contributed by atoms with van der Waals surface area (Å²) in [6.07, 6.45) is 1.54. The van der Waals surface area contributed by atoms with Crippen molar-refractivity contribution in [2.45, 2.75) is 0 Å². The highest BCUT2D eigenvalue weighted by Gasteiger charge is 2.36. The fourth-order valence-electron chi connectivity index (χ4n) is 1.75. The molecule has 1 aliphatic heterocycles. The van der Waals surface area contributed by atoms with E-state index in [0.717, 1.165) is 16.7 Å². The number of halogens is 1. The molecular weight excluding hydrogens is 330 g/mol. The highest BCUT2D eigenvalue weighted by atomic mass is 35.5. The lowest BCUT2D eigenvalue weighted by molar-refractivity contribution is -0.143. The number of thioether (sulfide) groups is 1. The second kappa shape index (κ2) is 6.85. The Morgan fingerprint density at radius 1 is 1.36 bits per heavy atom. The number of hydrogen-bond donors (Lipinski definition) is 0. The summed E-state index contributed by atoms with van der Waals surface area (Å²) in [6, 6.07) is 4.99. The summed E-state index contributed by atoms with van der Waals surface area (Å²) in [6.45, 7) is -0.401. The van der Waals surface area contributed by atoms with Crippen LogP contribution in [0.2, 0.25) is 5.02 Å². The average Bonchev–Trinajstić information content (AvgIpc) is 2.75. The maximum atomic E-state index is 12.1. The maximum absolute atomic E-state index is 12.1. The van der Waals surface area contributed by atoms with Crippen LogP contribution in [0.1, 0.15) is 5.56 Å². The molecule has 0 unspecified atom stereocenters. The number of benzene rings is 1. The largest absolute Gasteiger partial charge is 0.495 e. The Morgan fingerprint density at radius 2 is 2.09 bits per heavy atom. The second-order valence-electron chi connectivity index (χ2n) is 4.24. The third-order valence-electron chi connectivity index (χ3n) is 2.86. The molecule has 0 spiro atoms. The van der Waals surface area contributed by atoms with Crippen molar-refractivity contribution in [2.24, 2.45) is 0 Å². The molecule has 0 saturated carbocycles. The van der Waals surface area contributed by atoms with E-state index in [0.29, 0.717) is 16.3 Å². The second-order valence-corrected chi connectivity index (χ2v) is 5.64. The SMILES string of the molecule is COC(=O)CN1C(=O)S/C(=C\c2ccc(OC)c(Cl)c2)C1=O. The molecule has 22 heavy (non-hydrogen) atoms. The van der Waals surface area contributed by atoms with Crippen molar-refractivity contribution in [3.63, 3.8) is 0 Å². The van der Waals surface area contributed by atoms with E-state index in [9.17, 15) is 14.4 Å². The number of rotatable bonds is 4. The molecule has 0 radical (unpaired) electrons. The van der Waals surface area contributed by atoms with Crippen LogP contribution in [-0.4, -0.2) is 42.8 Å². The molecule has 116 valence electrons. The quantitative estimate of drug-likeness (QED) is 0.619. The van der Waals surface area contributed by atoms with E-state index >= 15 is 0 Å². The van der Waals surface area contributed by atoms with Gasteiger partial charge in [-0.2, -0.15) is 0 Å². The minimum atomic E-state index is -0.656. The van der Waals surface area contributed by atoms with Crippen molar-refractivity contribution in [2.75, 3.05) is 20.8 Å². The highest BCUT2D eigenvalue weighted by molar-refractivity contribution is 8.18. The summed E-state index contributed by atoms with van der Waals surface area (Å²) in [5, 5.41) is -0.119. The molecular formula is C14H12ClNO5S. The molecule has 1 heterocycles. The smallest absolute Gasteiger partial charge is 0.325 e. The molecule has 1 fully saturated rings. The van der Waals surface area contributed by atoms with Crippen molar-refractivity contribution in [1.82, 2.24) is 4.90 Å². The predicted octanol–water partition coefficient (Wildman–Crippen LogP) is 2.56. The molecule has 2 rings (SSSR count). The normalized spacial score (nSPS) is 16.3. The van der Waals surface area contributed by atoms with Crippen LogP contribution >= 0.6 is 23.4 Å². The van der Waals surface area contributed by atoms with Gasteiger partial charge in [0.15, 0.2) is 0 Å². The van der Waals surface area contributed by atoms with Crippen LogP contribution in [0.5, 0.6) is 5.75 Å². The van der Waals surface area contributed by atoms with Gasteiger partial charge in [0.1, 0.15) is 12.3 Å². The van der Waals surface area contributed by atoms with E-state index in [4.69, 9.17) is 16.3 Å². The monoisotopic (exact) mass is 341 g/mol. The van der Waals surface area contributed by atoms with Crippen LogP contribution in [0.25, 0.3) is 6.08 Å². The van der Waals surface area contributed by atoms with Gasteiger partial charge in [0, 0.05) is 0 Å². The van der Waals surface area contributed by atoms with Crippen LogP contribution in [0.3, 0.4) is 0 Å². The lowest BCUT2D eigenvalue weighted by atomic mass is 10.2. The van der Waals surface area contributed by atoms with Crippen LogP contribution < -0.4 is 4.74 Å². The fourth-order valence-corrected chi connectivity index (χ4v) is 2.86. The summed E-state index contributed by atoms with van der Waals surface area (Å²) in [5.74, 6) is -0.680. The first-order chi connectivity index (χ1) is 10.5. The van der Waals surface area contributed by atoms with Crippen LogP contribution in [0, 0.1) is 0 Å². The van der Waals surface area contributed by atoms with E-state index in [1.807, 2.05) is 0 Å². The van der Waals surface area contributed by atoms with Gasteiger partial charge < -0.3 is 9.47 Å². The summed E-state index contributed by atoms with van der Waals surface area (Å²) in [5.41, 5.74) is 0.648. The van der Waals surface area contributed by atoms with Crippen molar-refractivity contribution < 1.29 is 23.9 Å². The Hall–Kier alpha value is -1.99. The summed E-state index contributed by atoms with van der Waals surface area (Å²) in [7, 11) is 2.69. The van der Waals surface area contributed by atoms with Crippen molar-refractivity contribution >= 4 is 46.6 Å². The van der Waals surface area contributed by atoms with Gasteiger partial charge in [-0.25, -0.2) is 0 Å². The van der Waals surface area contributed by atoms with Crippen LogP contribution in [-0.2, 0) is 14.3 Å². The van der Waals surface area contributed by atoms with E-state index in [2.05, 4.69) is 4.74 Å². The Morgan fingerprint density at radius 3 is 2.68 bits per heavy atom. The lowest BCUT2D eigenvalue weighted by Crippen LogP contribution is -2.34. The Kier molecular flexibility index (Phi) is 5.10. The molecule has 0 aliphatic carbocycles. The van der Waals surface area contributed by atoms with E-state index in [1.165, 1.54) is 20.3 Å². The van der Waals surface area contributed by atoms with Crippen molar-refractivity contribution in [3.8, 4) is 5.75 Å². The number of nitrogens with zero attached hydrogens (tertiary/aromatic N) is 1. The Bertz CT molecular complexity index is 673. The zero-order chi connectivity index (χ0) is 16.3. The molecule has 0 N–H and O–H groups in total. The standard InChI is InChI=1S/C14H12ClNO5S/c1-20-10-4-3-8(5-9(10)15)6-11-13(18)16(14(19)22-11)7-12(17)21-2/h3-6H,7H2,1-2H3/b11-6-. The average molecular weight is 342 g/mol. The molecule has 1 aromatic carbocycles. The van der Waals surface area contributed by atoms with Crippen LogP contribution in [0.15, 0.2) is 23.1 Å². The van der Waals surface area contributed by atoms with Gasteiger partial charge in [-0.1, -0.05) is 17.7 Å². The molecule has 8 heteroatoms. The number of carbonyl (C=O) groups excluding carboxylic acids is 3. The minimum absolute atomic E-state index is 0.218. The third-order valence-corrected chi connectivity index (χ3v) is 4.06. The van der Waals surface area contributed by atoms with Crippen molar-refractivity contribution in [3.05, 3.63) is 33.7 Å². The van der Waals surface area contributed by atoms with Gasteiger partial charge in [0.2, 0.25) is 0 Å². The predicted molar refractivity (Wildman–Crippen MR) is 82.7 cm³/mol. The molecule has 1 saturated heterocycles.